The van der Waals surface area contributed by atoms with Crippen LogP contribution in [0.3, 0.4) is 0 Å². The first-order valence-corrected chi connectivity index (χ1v) is 10.4. The van der Waals surface area contributed by atoms with Gasteiger partial charge in [0.2, 0.25) is 15.9 Å². The van der Waals surface area contributed by atoms with Gasteiger partial charge >= 0.3 is 0 Å². The molecule has 27 heavy (non-hydrogen) atoms. The van der Waals surface area contributed by atoms with Gasteiger partial charge in [-0.25, -0.2) is 12.8 Å². The Hall–Kier alpha value is -2.25. The minimum absolute atomic E-state index is 0.0473. The van der Waals surface area contributed by atoms with Crippen molar-refractivity contribution in [2.24, 2.45) is 5.92 Å². The Balaban J connectivity index is 1.58. The number of nitrogens with zero attached hydrogens (tertiary/aromatic N) is 1. The SMILES string of the molecule is Cc1cc(F)ccc1S(=O)(=O)N1CCC(C(=O)NCc2ccccc2)CC1. The molecule has 0 bridgehead atoms. The monoisotopic (exact) mass is 390 g/mol. The van der Waals surface area contributed by atoms with Gasteiger partial charge in [-0.2, -0.15) is 4.31 Å². The zero-order chi connectivity index (χ0) is 19.4. The van der Waals surface area contributed by atoms with E-state index in [0.29, 0.717) is 24.9 Å². The number of hydrogen-bond acceptors (Lipinski definition) is 3. The van der Waals surface area contributed by atoms with Gasteiger partial charge in [0.25, 0.3) is 0 Å². The highest BCUT2D eigenvalue weighted by Crippen LogP contribution is 2.26. The van der Waals surface area contributed by atoms with Crippen molar-refractivity contribution in [3.05, 3.63) is 65.5 Å². The Labute approximate surface area is 159 Å². The van der Waals surface area contributed by atoms with Crippen LogP contribution in [-0.4, -0.2) is 31.7 Å². The molecule has 0 saturated carbocycles. The average molecular weight is 390 g/mol. The molecule has 2 aromatic rings. The van der Waals surface area contributed by atoms with Crippen LogP contribution in [-0.2, 0) is 21.4 Å². The van der Waals surface area contributed by atoms with E-state index in [-0.39, 0.29) is 29.8 Å². The summed E-state index contributed by atoms with van der Waals surface area (Å²) in [6.07, 6.45) is 0.945. The molecule has 0 aromatic heterocycles. The molecule has 1 heterocycles. The minimum Gasteiger partial charge on any atom is -0.352 e. The molecule has 5 nitrogen and oxygen atoms in total. The number of nitrogens with one attached hydrogen (secondary N) is 1. The molecular formula is C20H23FN2O3S. The number of halogens is 1. The summed E-state index contributed by atoms with van der Waals surface area (Å²) in [5.41, 5.74) is 1.41. The molecule has 2 aromatic carbocycles. The molecule has 0 unspecified atom stereocenters. The lowest BCUT2D eigenvalue weighted by molar-refractivity contribution is -0.126. The zero-order valence-electron chi connectivity index (χ0n) is 15.2. The molecule has 0 radical (unpaired) electrons. The molecule has 0 spiro atoms. The largest absolute Gasteiger partial charge is 0.352 e. The van der Waals surface area contributed by atoms with Gasteiger partial charge in [-0.3, -0.25) is 4.79 Å². The normalized spacial score (nSPS) is 16.2. The number of aryl methyl sites for hydroxylation is 1. The van der Waals surface area contributed by atoms with Crippen LogP contribution in [0.4, 0.5) is 4.39 Å². The molecule has 1 aliphatic heterocycles. The van der Waals surface area contributed by atoms with E-state index < -0.39 is 15.8 Å². The zero-order valence-corrected chi connectivity index (χ0v) is 16.0. The maximum absolute atomic E-state index is 13.3. The van der Waals surface area contributed by atoms with E-state index in [1.54, 1.807) is 6.92 Å². The Morgan fingerprint density at radius 3 is 2.44 bits per heavy atom. The van der Waals surface area contributed by atoms with Crippen LogP contribution in [0.5, 0.6) is 0 Å². The standard InChI is InChI=1S/C20H23FN2O3S/c1-15-13-18(21)7-8-19(15)27(25,26)23-11-9-17(10-12-23)20(24)22-14-16-5-3-2-4-6-16/h2-8,13,17H,9-12,14H2,1H3,(H,22,24). The number of piperidine rings is 1. The molecule has 144 valence electrons. The molecule has 7 heteroatoms. The van der Waals surface area contributed by atoms with Crippen LogP contribution in [0.1, 0.15) is 24.0 Å². The van der Waals surface area contributed by atoms with Gasteiger partial charge in [-0.05, 0) is 49.1 Å². The molecule has 0 atom stereocenters. The molecular weight excluding hydrogens is 367 g/mol. The van der Waals surface area contributed by atoms with Crippen LogP contribution >= 0.6 is 0 Å². The summed E-state index contributed by atoms with van der Waals surface area (Å²) in [7, 11) is -3.68. The van der Waals surface area contributed by atoms with E-state index >= 15 is 0 Å². The minimum atomic E-state index is -3.68. The second kappa shape index (κ2) is 8.19. The number of hydrogen-bond donors (Lipinski definition) is 1. The molecule has 1 N–H and O–H groups in total. The van der Waals surface area contributed by atoms with Gasteiger partial charge in [0.1, 0.15) is 5.82 Å². The Morgan fingerprint density at radius 2 is 1.81 bits per heavy atom. The molecule has 0 aliphatic carbocycles. The Bertz CT molecular complexity index is 908. The lowest BCUT2D eigenvalue weighted by Crippen LogP contribution is -2.43. The maximum atomic E-state index is 13.3. The highest BCUT2D eigenvalue weighted by atomic mass is 32.2. The topological polar surface area (TPSA) is 66.5 Å². The first kappa shape index (κ1) is 19.5. The molecule has 3 rings (SSSR count). The predicted octanol–water partition coefficient (Wildman–Crippen LogP) is 2.85. The number of carbonyl (C=O) groups is 1. The van der Waals surface area contributed by atoms with E-state index in [9.17, 15) is 17.6 Å². The Kier molecular flexibility index (Phi) is 5.92. The first-order valence-electron chi connectivity index (χ1n) is 8.96. The number of benzene rings is 2. The number of amides is 1. The van der Waals surface area contributed by atoms with E-state index in [1.165, 1.54) is 16.4 Å². The fourth-order valence-corrected chi connectivity index (χ4v) is 5.00. The Morgan fingerprint density at radius 1 is 1.15 bits per heavy atom. The summed E-state index contributed by atoms with van der Waals surface area (Å²) in [5.74, 6) is -0.705. The van der Waals surface area contributed by atoms with Gasteiger partial charge in [0.05, 0.1) is 4.90 Å². The number of sulfonamides is 1. The number of rotatable bonds is 5. The molecule has 1 saturated heterocycles. The quantitative estimate of drug-likeness (QED) is 0.854. The van der Waals surface area contributed by atoms with Crippen molar-refractivity contribution in [2.75, 3.05) is 13.1 Å². The lowest BCUT2D eigenvalue weighted by atomic mass is 9.97. The highest BCUT2D eigenvalue weighted by molar-refractivity contribution is 7.89. The van der Waals surface area contributed by atoms with Gasteiger partial charge < -0.3 is 5.32 Å². The molecule has 1 amide bonds. The molecule has 1 aliphatic rings. The smallest absolute Gasteiger partial charge is 0.243 e. The average Bonchev–Trinajstić information content (AvgIpc) is 2.66. The summed E-state index contributed by atoms with van der Waals surface area (Å²) in [6, 6.07) is 13.3. The van der Waals surface area contributed by atoms with Crippen molar-refractivity contribution in [3.8, 4) is 0 Å². The van der Waals surface area contributed by atoms with Crippen LogP contribution < -0.4 is 5.32 Å². The maximum Gasteiger partial charge on any atom is 0.243 e. The van der Waals surface area contributed by atoms with E-state index in [4.69, 9.17) is 0 Å². The van der Waals surface area contributed by atoms with Gasteiger partial charge in [-0.1, -0.05) is 30.3 Å². The number of carbonyl (C=O) groups excluding carboxylic acids is 1. The fraction of sp³-hybridized carbons (Fsp3) is 0.350. The second-order valence-corrected chi connectivity index (χ2v) is 8.70. The van der Waals surface area contributed by atoms with E-state index in [0.717, 1.165) is 11.6 Å². The van der Waals surface area contributed by atoms with Crippen LogP contribution in [0, 0.1) is 18.7 Å². The summed E-state index contributed by atoms with van der Waals surface area (Å²) in [4.78, 5) is 12.5. The van der Waals surface area contributed by atoms with Gasteiger partial charge in [-0.15, -0.1) is 0 Å². The van der Waals surface area contributed by atoms with Crippen LogP contribution in [0.25, 0.3) is 0 Å². The van der Waals surface area contributed by atoms with Gasteiger partial charge in [0.15, 0.2) is 0 Å². The summed E-state index contributed by atoms with van der Waals surface area (Å²) in [6.45, 7) is 2.61. The van der Waals surface area contributed by atoms with Crippen molar-refractivity contribution in [1.29, 1.82) is 0 Å². The third-order valence-corrected chi connectivity index (χ3v) is 6.95. The highest BCUT2D eigenvalue weighted by Gasteiger charge is 2.32. The van der Waals surface area contributed by atoms with Crippen LogP contribution in [0.15, 0.2) is 53.4 Å². The summed E-state index contributed by atoms with van der Waals surface area (Å²) >= 11 is 0. The molecule has 1 fully saturated rings. The predicted molar refractivity (Wildman–Crippen MR) is 101 cm³/mol. The fourth-order valence-electron chi connectivity index (χ4n) is 3.33. The third kappa shape index (κ3) is 4.54. The van der Waals surface area contributed by atoms with Crippen molar-refractivity contribution in [3.63, 3.8) is 0 Å². The van der Waals surface area contributed by atoms with Crippen molar-refractivity contribution in [2.45, 2.75) is 31.2 Å². The van der Waals surface area contributed by atoms with Crippen molar-refractivity contribution >= 4 is 15.9 Å². The summed E-state index contributed by atoms with van der Waals surface area (Å²) < 4.78 is 40.3. The second-order valence-electron chi connectivity index (χ2n) is 6.79. The summed E-state index contributed by atoms with van der Waals surface area (Å²) in [5, 5.41) is 2.92. The van der Waals surface area contributed by atoms with E-state index in [2.05, 4.69) is 5.32 Å². The van der Waals surface area contributed by atoms with Crippen molar-refractivity contribution in [1.82, 2.24) is 9.62 Å². The van der Waals surface area contributed by atoms with Gasteiger partial charge in [0, 0.05) is 25.6 Å². The van der Waals surface area contributed by atoms with E-state index in [1.807, 2.05) is 30.3 Å². The lowest BCUT2D eigenvalue weighted by Gasteiger charge is -2.31. The first-order chi connectivity index (χ1) is 12.9. The third-order valence-electron chi connectivity index (χ3n) is 4.89. The van der Waals surface area contributed by atoms with Crippen LogP contribution in [0.2, 0.25) is 0 Å². The van der Waals surface area contributed by atoms with Crippen molar-refractivity contribution < 1.29 is 17.6 Å².